The van der Waals surface area contributed by atoms with Gasteiger partial charge in [-0.3, -0.25) is 4.99 Å². The second-order valence-electron chi connectivity index (χ2n) is 6.64. The number of piperazine rings is 1. The molecular weight excluding hydrogens is 350 g/mol. The van der Waals surface area contributed by atoms with Gasteiger partial charge in [-0.25, -0.2) is 4.98 Å². The summed E-state index contributed by atoms with van der Waals surface area (Å²) in [5.41, 5.74) is 0. The maximum absolute atomic E-state index is 4.53. The summed E-state index contributed by atoms with van der Waals surface area (Å²) in [6, 6.07) is 4.32. The van der Waals surface area contributed by atoms with E-state index in [1.807, 2.05) is 24.6 Å². The van der Waals surface area contributed by atoms with Gasteiger partial charge in [-0.15, -0.1) is 22.7 Å². The normalized spacial score (nSPS) is 15.9. The van der Waals surface area contributed by atoms with Crippen molar-refractivity contribution in [3.8, 4) is 0 Å². The molecule has 136 valence electrons. The van der Waals surface area contributed by atoms with E-state index in [1.165, 1.54) is 14.9 Å². The van der Waals surface area contributed by atoms with Gasteiger partial charge in [-0.2, -0.15) is 0 Å². The lowest BCUT2D eigenvalue weighted by Crippen LogP contribution is -2.52. The van der Waals surface area contributed by atoms with Gasteiger partial charge >= 0.3 is 0 Å². The van der Waals surface area contributed by atoms with Crippen LogP contribution in [0.1, 0.15) is 23.7 Å². The van der Waals surface area contributed by atoms with Crippen LogP contribution in [0, 0.1) is 5.92 Å². The van der Waals surface area contributed by atoms with Crippen molar-refractivity contribution in [1.29, 1.82) is 0 Å². The summed E-state index contributed by atoms with van der Waals surface area (Å²) in [6.45, 7) is 9.35. The topological polar surface area (TPSA) is 43.8 Å². The van der Waals surface area contributed by atoms with Gasteiger partial charge in [0.05, 0.1) is 16.6 Å². The molecule has 25 heavy (non-hydrogen) atoms. The standard InChI is InChI=1S/C18H27N5S2/c1-14(2)11-16-20-12-15(25-16)13-21-18(19-3)23-8-6-22(7-9-23)17-5-4-10-24-17/h4-5,10,12,14H,6-9,11,13H2,1-3H3,(H,19,21). The van der Waals surface area contributed by atoms with Gasteiger partial charge in [0.1, 0.15) is 0 Å². The number of thiazole rings is 1. The number of anilines is 1. The zero-order chi connectivity index (χ0) is 17.6. The molecular formula is C18H27N5S2. The third kappa shape index (κ3) is 4.95. The Balaban J connectivity index is 1.49. The molecule has 5 nitrogen and oxygen atoms in total. The predicted octanol–water partition coefficient (Wildman–Crippen LogP) is 3.30. The zero-order valence-corrected chi connectivity index (χ0v) is 16.9. The fourth-order valence-corrected chi connectivity index (χ4v) is 4.82. The van der Waals surface area contributed by atoms with Gasteiger partial charge in [0, 0.05) is 50.7 Å². The van der Waals surface area contributed by atoms with Crippen LogP contribution in [0.2, 0.25) is 0 Å². The number of nitrogens with one attached hydrogen (secondary N) is 1. The molecule has 0 saturated carbocycles. The fourth-order valence-electron chi connectivity index (χ4n) is 2.96. The van der Waals surface area contributed by atoms with Crippen molar-refractivity contribution in [2.75, 3.05) is 38.1 Å². The Morgan fingerprint density at radius 1 is 1.32 bits per heavy atom. The first kappa shape index (κ1) is 18.2. The highest BCUT2D eigenvalue weighted by Gasteiger charge is 2.20. The smallest absolute Gasteiger partial charge is 0.194 e. The Bertz CT molecular complexity index is 669. The van der Waals surface area contributed by atoms with Crippen molar-refractivity contribution in [3.63, 3.8) is 0 Å². The SMILES string of the molecule is CN=C(NCc1cnc(CC(C)C)s1)N1CCN(c2cccs2)CC1. The van der Waals surface area contributed by atoms with E-state index in [9.17, 15) is 0 Å². The number of hydrogen-bond acceptors (Lipinski definition) is 5. The van der Waals surface area contributed by atoms with E-state index < -0.39 is 0 Å². The van der Waals surface area contributed by atoms with Crippen LogP contribution in [0.4, 0.5) is 5.00 Å². The molecule has 7 heteroatoms. The maximum atomic E-state index is 4.53. The quantitative estimate of drug-likeness (QED) is 0.641. The van der Waals surface area contributed by atoms with Gasteiger partial charge < -0.3 is 15.1 Å². The van der Waals surface area contributed by atoms with E-state index in [-0.39, 0.29) is 0 Å². The van der Waals surface area contributed by atoms with Crippen LogP contribution in [0.5, 0.6) is 0 Å². The third-order valence-corrected chi connectivity index (χ3v) is 6.16. The van der Waals surface area contributed by atoms with Crippen LogP contribution in [0.3, 0.4) is 0 Å². The van der Waals surface area contributed by atoms with E-state index >= 15 is 0 Å². The summed E-state index contributed by atoms with van der Waals surface area (Å²) < 4.78 is 0. The first-order chi connectivity index (χ1) is 12.2. The third-order valence-electron chi connectivity index (χ3n) is 4.21. The largest absolute Gasteiger partial charge is 0.360 e. The lowest BCUT2D eigenvalue weighted by atomic mass is 10.1. The van der Waals surface area contributed by atoms with Gasteiger partial charge in [-0.05, 0) is 23.4 Å². The molecule has 1 N–H and O–H groups in total. The number of aliphatic imine (C=N–C) groups is 1. The molecule has 0 radical (unpaired) electrons. The average molecular weight is 378 g/mol. The Hall–Kier alpha value is -1.60. The monoisotopic (exact) mass is 377 g/mol. The molecule has 0 amide bonds. The summed E-state index contributed by atoms with van der Waals surface area (Å²) in [5, 5.41) is 8.24. The van der Waals surface area contributed by atoms with Gasteiger partial charge in [-0.1, -0.05) is 13.8 Å². The summed E-state index contributed by atoms with van der Waals surface area (Å²) in [5.74, 6) is 1.64. The van der Waals surface area contributed by atoms with Crippen LogP contribution in [-0.4, -0.2) is 49.1 Å². The highest BCUT2D eigenvalue weighted by molar-refractivity contribution is 7.14. The van der Waals surface area contributed by atoms with Crippen molar-refractivity contribution < 1.29 is 0 Å². The van der Waals surface area contributed by atoms with Crippen LogP contribution in [-0.2, 0) is 13.0 Å². The van der Waals surface area contributed by atoms with Crippen molar-refractivity contribution in [2.45, 2.75) is 26.8 Å². The number of aromatic nitrogens is 1. The zero-order valence-electron chi connectivity index (χ0n) is 15.2. The Morgan fingerprint density at radius 2 is 2.12 bits per heavy atom. The van der Waals surface area contributed by atoms with E-state index in [0.717, 1.165) is 45.1 Å². The second-order valence-corrected chi connectivity index (χ2v) is 8.77. The Kier molecular flexibility index (Phi) is 6.31. The molecule has 0 spiro atoms. The Labute approximate surface area is 158 Å². The molecule has 3 rings (SSSR count). The van der Waals surface area contributed by atoms with Crippen molar-refractivity contribution in [1.82, 2.24) is 15.2 Å². The van der Waals surface area contributed by atoms with Crippen LogP contribution in [0.15, 0.2) is 28.7 Å². The molecule has 1 saturated heterocycles. The van der Waals surface area contributed by atoms with Crippen LogP contribution in [0.25, 0.3) is 0 Å². The van der Waals surface area contributed by atoms with E-state index in [4.69, 9.17) is 0 Å². The second kappa shape index (κ2) is 8.67. The minimum atomic E-state index is 0.652. The summed E-state index contributed by atoms with van der Waals surface area (Å²) in [6.07, 6.45) is 3.06. The number of thiophene rings is 1. The highest BCUT2D eigenvalue weighted by Crippen LogP contribution is 2.22. The summed E-state index contributed by atoms with van der Waals surface area (Å²) in [4.78, 5) is 15.1. The van der Waals surface area contributed by atoms with Crippen LogP contribution >= 0.6 is 22.7 Å². The lowest BCUT2D eigenvalue weighted by molar-refractivity contribution is 0.373. The molecule has 0 bridgehead atoms. The molecule has 1 aliphatic rings. The highest BCUT2D eigenvalue weighted by atomic mass is 32.1. The minimum absolute atomic E-state index is 0.652. The Morgan fingerprint density at radius 3 is 2.76 bits per heavy atom. The van der Waals surface area contributed by atoms with Crippen molar-refractivity contribution in [3.05, 3.63) is 33.6 Å². The summed E-state index contributed by atoms with van der Waals surface area (Å²) in [7, 11) is 1.87. The van der Waals surface area contributed by atoms with Crippen LogP contribution < -0.4 is 10.2 Å². The summed E-state index contributed by atoms with van der Waals surface area (Å²) >= 11 is 3.62. The number of nitrogens with zero attached hydrogens (tertiary/aromatic N) is 4. The fraction of sp³-hybridized carbons (Fsp3) is 0.556. The molecule has 1 aliphatic heterocycles. The molecule has 2 aromatic rings. The molecule has 0 aromatic carbocycles. The average Bonchev–Trinajstić information content (AvgIpc) is 3.27. The lowest BCUT2D eigenvalue weighted by Gasteiger charge is -2.36. The molecule has 1 fully saturated rings. The van der Waals surface area contributed by atoms with Gasteiger partial charge in [0.25, 0.3) is 0 Å². The predicted molar refractivity (Wildman–Crippen MR) is 109 cm³/mol. The molecule has 0 unspecified atom stereocenters. The molecule has 2 aromatic heterocycles. The first-order valence-corrected chi connectivity index (χ1v) is 10.5. The van der Waals surface area contributed by atoms with Crippen molar-refractivity contribution >= 4 is 33.6 Å². The minimum Gasteiger partial charge on any atom is -0.360 e. The maximum Gasteiger partial charge on any atom is 0.194 e. The molecule has 3 heterocycles. The number of hydrogen-bond donors (Lipinski definition) is 1. The van der Waals surface area contributed by atoms with E-state index in [2.05, 4.69) is 56.5 Å². The first-order valence-electron chi connectivity index (χ1n) is 8.83. The van der Waals surface area contributed by atoms with Crippen molar-refractivity contribution in [2.24, 2.45) is 10.9 Å². The van der Waals surface area contributed by atoms with Gasteiger partial charge in [0.2, 0.25) is 0 Å². The molecule has 0 aliphatic carbocycles. The van der Waals surface area contributed by atoms with E-state index in [0.29, 0.717) is 5.92 Å². The van der Waals surface area contributed by atoms with Gasteiger partial charge in [0.15, 0.2) is 5.96 Å². The molecule has 0 atom stereocenters. The van der Waals surface area contributed by atoms with E-state index in [1.54, 1.807) is 11.3 Å². The number of guanidine groups is 1. The number of rotatable bonds is 5.